The smallest absolute Gasteiger partial charge is 0.350 e. The predicted octanol–water partition coefficient (Wildman–Crippen LogP) is 4.55. The van der Waals surface area contributed by atoms with Crippen molar-refractivity contribution >= 4 is 53.0 Å². The number of ketones is 1. The number of carbonyl (C=O) groups excluding carboxylic acids is 3. The molecule has 13 heteroatoms. The number of alkyl halides is 1. The molecule has 9 nitrogen and oxygen atoms in total. The lowest BCUT2D eigenvalue weighted by Crippen LogP contribution is -2.46. The first-order valence-corrected chi connectivity index (χ1v) is 14.4. The maximum atomic E-state index is 14.5. The van der Waals surface area contributed by atoms with E-state index in [1.807, 2.05) is 0 Å². The van der Waals surface area contributed by atoms with Crippen molar-refractivity contribution in [3.8, 4) is 0 Å². The Kier molecular flexibility index (Phi) is 9.09. The van der Waals surface area contributed by atoms with Gasteiger partial charge in [0.05, 0.1) is 36.1 Å². The SMILES string of the molecule is [CH2]OP(=O)(OCC)c1ccc2c(C(C)=O)cn(CC(=O)N3C[C@H](F)C[C@H]3C(=O)NCc3cccc(Cl)c3F)c2c1. The Bertz CT molecular complexity index is 1510. The summed E-state index contributed by atoms with van der Waals surface area (Å²) in [6.07, 6.45) is -0.177. The van der Waals surface area contributed by atoms with E-state index in [1.54, 1.807) is 13.0 Å². The number of nitrogens with one attached hydrogen (secondary N) is 1. The second-order valence-corrected chi connectivity index (χ2v) is 11.7. The molecule has 0 saturated carbocycles. The molecule has 0 aliphatic carbocycles. The summed E-state index contributed by atoms with van der Waals surface area (Å²) in [7, 11) is -0.505. The first-order valence-electron chi connectivity index (χ1n) is 12.5. The Labute approximate surface area is 234 Å². The van der Waals surface area contributed by atoms with Gasteiger partial charge in [0, 0.05) is 35.7 Å². The van der Waals surface area contributed by atoms with Crippen molar-refractivity contribution in [2.24, 2.45) is 0 Å². The summed E-state index contributed by atoms with van der Waals surface area (Å²) in [6, 6.07) is 7.81. The third-order valence-corrected chi connectivity index (χ3v) is 8.83. The van der Waals surface area contributed by atoms with E-state index in [2.05, 4.69) is 12.4 Å². The zero-order chi connectivity index (χ0) is 29.2. The van der Waals surface area contributed by atoms with E-state index in [0.717, 1.165) is 4.90 Å². The average molecular weight is 595 g/mol. The highest BCUT2D eigenvalue weighted by atomic mass is 35.5. The number of carbonyl (C=O) groups is 3. The van der Waals surface area contributed by atoms with Gasteiger partial charge in [0.2, 0.25) is 11.8 Å². The maximum absolute atomic E-state index is 14.5. The molecule has 1 aliphatic rings. The van der Waals surface area contributed by atoms with Crippen LogP contribution in [0.2, 0.25) is 5.02 Å². The molecule has 2 aromatic carbocycles. The maximum Gasteiger partial charge on any atom is 0.361 e. The van der Waals surface area contributed by atoms with Crippen LogP contribution in [0, 0.1) is 12.9 Å². The third-order valence-electron chi connectivity index (χ3n) is 6.69. The van der Waals surface area contributed by atoms with Gasteiger partial charge in [-0.1, -0.05) is 29.8 Å². The lowest BCUT2D eigenvalue weighted by atomic mass is 10.1. The fraction of sp³-hybridized carbons (Fsp3) is 0.333. The summed E-state index contributed by atoms with van der Waals surface area (Å²) in [6.45, 7) is 2.28. The third kappa shape index (κ3) is 5.98. The Balaban J connectivity index is 1.59. The zero-order valence-corrected chi connectivity index (χ0v) is 23.5. The average Bonchev–Trinajstić information content (AvgIpc) is 3.50. The molecule has 1 N–H and O–H groups in total. The van der Waals surface area contributed by atoms with Gasteiger partial charge in [0.1, 0.15) is 24.6 Å². The Morgan fingerprint density at radius 2 is 2.00 bits per heavy atom. The summed E-state index contributed by atoms with van der Waals surface area (Å²) < 4.78 is 53.4. The van der Waals surface area contributed by atoms with Crippen molar-refractivity contribution < 1.29 is 36.8 Å². The zero-order valence-electron chi connectivity index (χ0n) is 21.9. The van der Waals surface area contributed by atoms with Gasteiger partial charge in [-0.2, -0.15) is 0 Å². The van der Waals surface area contributed by atoms with Gasteiger partial charge < -0.3 is 23.8 Å². The molecule has 2 heterocycles. The van der Waals surface area contributed by atoms with Gasteiger partial charge in [0.15, 0.2) is 5.78 Å². The number of fused-ring (bicyclic) bond motifs is 1. The van der Waals surface area contributed by atoms with Crippen LogP contribution >= 0.6 is 19.2 Å². The van der Waals surface area contributed by atoms with Gasteiger partial charge in [-0.3, -0.25) is 18.9 Å². The van der Waals surface area contributed by atoms with Crippen molar-refractivity contribution in [2.45, 2.75) is 45.6 Å². The minimum atomic E-state index is -3.76. The number of benzene rings is 2. The van der Waals surface area contributed by atoms with Crippen LogP contribution < -0.4 is 10.6 Å². The van der Waals surface area contributed by atoms with E-state index < -0.39 is 37.4 Å². The molecule has 40 heavy (non-hydrogen) atoms. The lowest BCUT2D eigenvalue weighted by Gasteiger charge is -2.24. The van der Waals surface area contributed by atoms with Crippen molar-refractivity contribution in [1.29, 1.82) is 0 Å². The molecule has 1 saturated heterocycles. The van der Waals surface area contributed by atoms with Crippen LogP contribution in [0.4, 0.5) is 8.78 Å². The quantitative estimate of drug-likeness (QED) is 0.273. The van der Waals surface area contributed by atoms with Crippen molar-refractivity contribution in [1.82, 2.24) is 14.8 Å². The second-order valence-electron chi connectivity index (χ2n) is 9.30. The number of Topliss-reactive ketones (excluding diaryl/α,β-unsaturated/α-hetero) is 1. The Hall–Kier alpha value is -3.11. The van der Waals surface area contributed by atoms with Crippen LogP contribution in [-0.4, -0.2) is 52.4 Å². The van der Waals surface area contributed by atoms with Crippen LogP contribution in [0.1, 0.15) is 36.2 Å². The van der Waals surface area contributed by atoms with Crippen LogP contribution in [0.5, 0.6) is 0 Å². The predicted molar refractivity (Wildman–Crippen MR) is 146 cm³/mol. The summed E-state index contributed by atoms with van der Waals surface area (Å²) >= 11 is 5.79. The fourth-order valence-corrected chi connectivity index (χ4v) is 6.19. The number of rotatable bonds is 10. The molecule has 2 amide bonds. The number of likely N-dealkylation sites (tertiary alicyclic amines) is 1. The van der Waals surface area contributed by atoms with E-state index in [9.17, 15) is 27.7 Å². The number of aromatic nitrogens is 1. The number of nitrogens with zero attached hydrogens (tertiary/aromatic N) is 2. The number of hydrogen-bond donors (Lipinski definition) is 1. The molecule has 1 radical (unpaired) electrons. The topological polar surface area (TPSA) is 107 Å². The van der Waals surface area contributed by atoms with Gasteiger partial charge in [-0.05, 0) is 32.0 Å². The summed E-state index contributed by atoms with van der Waals surface area (Å²) in [5, 5.41) is 3.13. The van der Waals surface area contributed by atoms with Gasteiger partial charge in [-0.25, -0.2) is 8.78 Å². The first kappa shape index (κ1) is 29.9. The summed E-state index contributed by atoms with van der Waals surface area (Å²) in [4.78, 5) is 39.8. The number of hydrogen-bond acceptors (Lipinski definition) is 6. The van der Waals surface area contributed by atoms with Crippen molar-refractivity contribution in [2.75, 3.05) is 13.2 Å². The van der Waals surface area contributed by atoms with Crippen molar-refractivity contribution in [3.63, 3.8) is 0 Å². The van der Waals surface area contributed by atoms with E-state index in [-0.39, 0.29) is 54.3 Å². The molecule has 3 aromatic rings. The summed E-state index contributed by atoms with van der Waals surface area (Å²) in [5.41, 5.74) is 0.857. The second kappa shape index (κ2) is 12.2. The molecule has 1 aliphatic heterocycles. The van der Waals surface area contributed by atoms with Crippen molar-refractivity contribution in [3.05, 3.63) is 71.7 Å². The van der Waals surface area contributed by atoms with E-state index in [4.69, 9.17) is 20.6 Å². The van der Waals surface area contributed by atoms with E-state index in [1.165, 1.54) is 48.0 Å². The van der Waals surface area contributed by atoms with E-state index in [0.29, 0.717) is 16.5 Å². The van der Waals surface area contributed by atoms with Crippen LogP contribution in [0.25, 0.3) is 10.9 Å². The van der Waals surface area contributed by atoms with Gasteiger partial charge >= 0.3 is 7.60 Å². The highest BCUT2D eigenvalue weighted by molar-refractivity contribution is 7.62. The highest BCUT2D eigenvalue weighted by Gasteiger charge is 2.40. The lowest BCUT2D eigenvalue weighted by molar-refractivity contribution is -0.139. The molecule has 4 rings (SSSR count). The van der Waals surface area contributed by atoms with Gasteiger partial charge in [-0.15, -0.1) is 0 Å². The molecule has 1 aromatic heterocycles. The summed E-state index contributed by atoms with van der Waals surface area (Å²) in [5.74, 6) is -2.15. The highest BCUT2D eigenvalue weighted by Crippen LogP contribution is 2.47. The first-order chi connectivity index (χ1) is 19.0. The van der Waals surface area contributed by atoms with Crippen LogP contribution in [0.3, 0.4) is 0 Å². The van der Waals surface area contributed by atoms with E-state index >= 15 is 0 Å². The standard InChI is InChI=1S/C27H28ClF2N3O6P/c1-4-39-40(37,38-3)19-8-9-20-21(16(2)34)14-32(23(20)11-19)15-25(35)33-13-18(29)10-24(33)27(36)31-12-17-6-5-7-22(28)26(17)30/h5-9,11,14,18,24H,3-4,10,12-13,15H2,1-2H3,(H,31,36)/t18-,24+,40?/m1/s1. The Morgan fingerprint density at radius 3 is 2.67 bits per heavy atom. The van der Waals surface area contributed by atoms with Gasteiger partial charge in [0.25, 0.3) is 0 Å². The normalized spacial score (nSPS) is 18.6. The number of amides is 2. The molecule has 213 valence electrons. The largest absolute Gasteiger partial charge is 0.361 e. The molecule has 1 unspecified atom stereocenters. The molecular weight excluding hydrogens is 567 g/mol. The Morgan fingerprint density at radius 1 is 1.25 bits per heavy atom. The molecule has 0 spiro atoms. The molecule has 1 fully saturated rings. The number of halogens is 3. The minimum absolute atomic E-state index is 0.0930. The van der Waals surface area contributed by atoms with Crippen LogP contribution in [0.15, 0.2) is 42.6 Å². The van der Waals surface area contributed by atoms with Crippen LogP contribution in [-0.2, 0) is 36.3 Å². The minimum Gasteiger partial charge on any atom is -0.350 e. The monoisotopic (exact) mass is 594 g/mol. The fourth-order valence-electron chi connectivity index (χ4n) is 4.75. The molecule has 3 atom stereocenters. The molecule has 0 bridgehead atoms. The molecular formula is C27H28ClF2N3O6P.